The van der Waals surface area contributed by atoms with Gasteiger partial charge >= 0.3 is 0 Å². The maximum atomic E-state index is 10.9. The first-order valence-corrected chi connectivity index (χ1v) is 7.44. The molecule has 0 bridgehead atoms. The van der Waals surface area contributed by atoms with Gasteiger partial charge in [-0.15, -0.1) is 11.3 Å². The average Bonchev–Trinajstić information content (AvgIpc) is 2.31. The first-order valence-electron chi connectivity index (χ1n) is 3.43. The number of nitrogens with zero attached hydrogens (tertiary/aromatic N) is 1. The molecule has 0 spiro atoms. The molecule has 13 heavy (non-hydrogen) atoms. The third-order valence-electron chi connectivity index (χ3n) is 1.29. The molecule has 1 rings (SSSR count). The fourth-order valence-electron chi connectivity index (χ4n) is 0.835. The smallest absolute Gasteiger partial charge is 0.149 e. The molecule has 0 fully saturated rings. The van der Waals surface area contributed by atoms with Crippen molar-refractivity contribution >= 4 is 43.8 Å². The quantitative estimate of drug-likeness (QED) is 0.831. The van der Waals surface area contributed by atoms with Crippen LogP contribution in [-0.2, 0) is 9.84 Å². The largest absolute Gasteiger partial charge is 0.321 e. The molecule has 0 aromatic carbocycles. The predicted octanol–water partition coefficient (Wildman–Crippen LogP) is 0.792. The minimum atomic E-state index is -3.02. The highest BCUT2D eigenvalue weighted by Crippen LogP contribution is 2.18. The Balaban J connectivity index is 2.75. The molecule has 1 atom stereocenters. The number of hydrogen-bond donors (Lipinski definition) is 1. The second kappa shape index (κ2) is 4.20. The van der Waals surface area contributed by atoms with Crippen molar-refractivity contribution in [3.05, 3.63) is 14.1 Å². The number of thiazole rings is 1. The number of aromatic nitrogens is 1. The minimum Gasteiger partial charge on any atom is -0.321 e. The zero-order valence-electron chi connectivity index (χ0n) is 6.90. The Bertz CT molecular complexity index is 387. The van der Waals surface area contributed by atoms with E-state index in [0.717, 1.165) is 3.70 Å². The van der Waals surface area contributed by atoms with Crippen LogP contribution in [0.5, 0.6) is 0 Å². The van der Waals surface area contributed by atoms with Gasteiger partial charge in [0.15, 0.2) is 0 Å². The van der Waals surface area contributed by atoms with Crippen LogP contribution in [0.3, 0.4) is 0 Å². The summed E-state index contributed by atoms with van der Waals surface area (Å²) < 4.78 is 22.7. The number of sulfone groups is 1. The van der Waals surface area contributed by atoms with Crippen LogP contribution in [0.1, 0.15) is 11.0 Å². The molecular formula is C6H9IN2O2S2. The Morgan fingerprint density at radius 3 is 2.77 bits per heavy atom. The van der Waals surface area contributed by atoms with Crippen LogP contribution in [0.4, 0.5) is 0 Å². The van der Waals surface area contributed by atoms with Crippen molar-refractivity contribution < 1.29 is 8.42 Å². The van der Waals surface area contributed by atoms with E-state index >= 15 is 0 Å². The van der Waals surface area contributed by atoms with Gasteiger partial charge in [-0.25, -0.2) is 13.4 Å². The SMILES string of the molecule is CS(=O)(=O)CC(N)c1nc(I)cs1. The second-order valence-corrected chi connectivity index (χ2v) is 6.89. The lowest BCUT2D eigenvalue weighted by Gasteiger charge is -2.05. The summed E-state index contributed by atoms with van der Waals surface area (Å²) in [4.78, 5) is 4.11. The maximum Gasteiger partial charge on any atom is 0.149 e. The van der Waals surface area contributed by atoms with E-state index in [1.165, 1.54) is 17.6 Å². The highest BCUT2D eigenvalue weighted by molar-refractivity contribution is 14.1. The molecule has 0 saturated heterocycles. The normalized spacial score (nSPS) is 14.4. The Morgan fingerprint density at radius 2 is 2.38 bits per heavy atom. The molecule has 0 aliphatic carbocycles. The summed E-state index contributed by atoms with van der Waals surface area (Å²) in [6, 6.07) is -0.497. The van der Waals surface area contributed by atoms with Crippen molar-refractivity contribution in [2.75, 3.05) is 12.0 Å². The van der Waals surface area contributed by atoms with E-state index in [0.29, 0.717) is 5.01 Å². The topological polar surface area (TPSA) is 73.0 Å². The van der Waals surface area contributed by atoms with Gasteiger partial charge in [0.1, 0.15) is 18.5 Å². The van der Waals surface area contributed by atoms with Gasteiger partial charge in [0.25, 0.3) is 0 Å². The molecule has 4 nitrogen and oxygen atoms in total. The Labute approximate surface area is 94.6 Å². The van der Waals surface area contributed by atoms with E-state index in [4.69, 9.17) is 5.73 Å². The van der Waals surface area contributed by atoms with Crippen molar-refractivity contribution in [3.63, 3.8) is 0 Å². The molecule has 0 saturated carbocycles. The summed E-state index contributed by atoms with van der Waals surface area (Å²) in [6.07, 6.45) is 1.17. The van der Waals surface area contributed by atoms with Crippen LogP contribution >= 0.6 is 33.9 Å². The summed E-state index contributed by atoms with van der Waals surface area (Å²) in [7, 11) is -3.02. The van der Waals surface area contributed by atoms with Gasteiger partial charge in [-0.2, -0.15) is 0 Å². The molecule has 1 heterocycles. The summed E-state index contributed by atoms with van der Waals surface area (Å²) >= 11 is 3.46. The van der Waals surface area contributed by atoms with E-state index < -0.39 is 15.9 Å². The van der Waals surface area contributed by atoms with Crippen molar-refractivity contribution in [2.45, 2.75) is 6.04 Å². The molecule has 0 amide bonds. The number of hydrogen-bond acceptors (Lipinski definition) is 5. The van der Waals surface area contributed by atoms with Gasteiger partial charge in [-0.3, -0.25) is 0 Å². The van der Waals surface area contributed by atoms with Crippen LogP contribution in [-0.4, -0.2) is 25.4 Å². The van der Waals surface area contributed by atoms with Gasteiger partial charge in [-0.05, 0) is 22.6 Å². The second-order valence-electron chi connectivity index (χ2n) is 2.71. The first kappa shape index (κ1) is 11.3. The van der Waals surface area contributed by atoms with E-state index in [2.05, 4.69) is 27.6 Å². The van der Waals surface area contributed by atoms with Crippen LogP contribution in [0.25, 0.3) is 0 Å². The van der Waals surface area contributed by atoms with E-state index in [9.17, 15) is 8.42 Å². The fraction of sp³-hybridized carbons (Fsp3) is 0.500. The Morgan fingerprint density at radius 1 is 1.77 bits per heavy atom. The first-order chi connectivity index (χ1) is 5.88. The maximum absolute atomic E-state index is 10.9. The van der Waals surface area contributed by atoms with E-state index in [-0.39, 0.29) is 5.75 Å². The van der Waals surface area contributed by atoms with Gasteiger partial charge < -0.3 is 5.73 Å². The molecule has 0 radical (unpaired) electrons. The summed E-state index contributed by atoms with van der Waals surface area (Å²) in [5.41, 5.74) is 5.66. The third-order valence-corrected chi connectivity index (χ3v) is 4.21. The predicted molar refractivity (Wildman–Crippen MR) is 61.5 cm³/mol. The van der Waals surface area contributed by atoms with Gasteiger partial charge in [-0.1, -0.05) is 0 Å². The van der Waals surface area contributed by atoms with Gasteiger partial charge in [0.05, 0.1) is 11.8 Å². The number of rotatable bonds is 3. The summed E-state index contributed by atoms with van der Waals surface area (Å²) in [5.74, 6) is -0.0450. The van der Waals surface area contributed by atoms with Crippen LogP contribution < -0.4 is 5.73 Å². The zero-order valence-corrected chi connectivity index (χ0v) is 10.7. The summed E-state index contributed by atoms with van der Waals surface area (Å²) in [5, 5.41) is 2.52. The highest BCUT2D eigenvalue weighted by Gasteiger charge is 2.15. The summed E-state index contributed by atoms with van der Waals surface area (Å²) in [6.45, 7) is 0. The van der Waals surface area contributed by atoms with Crippen molar-refractivity contribution in [2.24, 2.45) is 5.73 Å². The molecule has 0 aliphatic heterocycles. The monoisotopic (exact) mass is 332 g/mol. The lowest BCUT2D eigenvalue weighted by atomic mass is 10.4. The van der Waals surface area contributed by atoms with Crippen molar-refractivity contribution in [1.29, 1.82) is 0 Å². The number of nitrogens with two attached hydrogens (primary N) is 1. The molecule has 0 aliphatic rings. The number of halogens is 1. The molecule has 7 heteroatoms. The minimum absolute atomic E-state index is 0.0450. The molecule has 2 N–H and O–H groups in total. The van der Waals surface area contributed by atoms with Gasteiger partial charge in [0, 0.05) is 11.6 Å². The van der Waals surface area contributed by atoms with Crippen LogP contribution in [0.2, 0.25) is 0 Å². The average molecular weight is 332 g/mol. The van der Waals surface area contributed by atoms with E-state index in [1.54, 1.807) is 0 Å². The van der Waals surface area contributed by atoms with Crippen LogP contribution in [0, 0.1) is 3.70 Å². The molecule has 74 valence electrons. The van der Waals surface area contributed by atoms with Gasteiger partial charge in [0.2, 0.25) is 0 Å². The van der Waals surface area contributed by atoms with Crippen molar-refractivity contribution in [3.8, 4) is 0 Å². The molecule has 1 unspecified atom stereocenters. The zero-order chi connectivity index (χ0) is 10.1. The lowest BCUT2D eigenvalue weighted by molar-refractivity contribution is 0.594. The molecular weight excluding hydrogens is 323 g/mol. The Hall–Kier alpha value is 0.270. The highest BCUT2D eigenvalue weighted by atomic mass is 127. The Kier molecular flexibility index (Phi) is 3.66. The fourth-order valence-corrected chi connectivity index (χ4v) is 3.24. The van der Waals surface area contributed by atoms with E-state index in [1.807, 2.05) is 5.38 Å². The lowest BCUT2D eigenvalue weighted by Crippen LogP contribution is -2.20. The third kappa shape index (κ3) is 3.88. The van der Waals surface area contributed by atoms with Crippen molar-refractivity contribution in [1.82, 2.24) is 4.98 Å². The molecule has 1 aromatic rings. The molecule has 1 aromatic heterocycles. The van der Waals surface area contributed by atoms with Crippen LogP contribution in [0.15, 0.2) is 5.38 Å². The standard InChI is InChI=1S/C6H9IN2O2S2/c1-13(10,11)3-4(8)6-9-5(7)2-12-6/h2,4H,3,8H2,1H3.